The van der Waals surface area contributed by atoms with E-state index in [4.69, 9.17) is 14.7 Å². The molecule has 0 saturated carbocycles. The quantitative estimate of drug-likeness (QED) is 0.406. The van der Waals surface area contributed by atoms with Crippen molar-refractivity contribution in [3.63, 3.8) is 0 Å². The van der Waals surface area contributed by atoms with Crippen LogP contribution in [0.5, 0.6) is 0 Å². The Kier molecular flexibility index (Phi) is 4.44. The van der Waals surface area contributed by atoms with Crippen LogP contribution in [-0.4, -0.2) is 0 Å². The van der Waals surface area contributed by atoms with E-state index in [2.05, 4.69) is 9.69 Å². The summed E-state index contributed by atoms with van der Waals surface area (Å²) in [5.74, 6) is 0. The molecule has 7 heavy (non-hydrogen) atoms. The van der Waals surface area contributed by atoms with E-state index in [9.17, 15) is 0 Å². The van der Waals surface area contributed by atoms with Gasteiger partial charge in [-0.05, 0) is 0 Å². The molecule has 0 spiro atoms. The molecule has 0 aromatic rings. The summed E-state index contributed by atoms with van der Waals surface area (Å²) in [7, 11) is 3.74. The fraction of sp³-hybridized carbons (Fsp3) is 0. The van der Waals surface area contributed by atoms with Crippen LogP contribution in [0, 0.1) is 0 Å². The first kappa shape index (κ1) is 11.7. The summed E-state index contributed by atoms with van der Waals surface area (Å²) in [5, 5.41) is 0. The minimum absolute atomic E-state index is 0. The predicted molar refractivity (Wildman–Crippen MR) is 7.91 cm³/mol. The van der Waals surface area contributed by atoms with Gasteiger partial charge >= 0.3 is 88.6 Å². The maximum atomic E-state index is 8.96. The number of halogens is 1. The number of hydrogen-bond donors (Lipinski definition) is 0. The van der Waals surface area contributed by atoms with Crippen LogP contribution in [0.3, 0.4) is 0 Å². The molecule has 0 aliphatic rings. The monoisotopic (exact) mass is 240 g/mol. The van der Waals surface area contributed by atoms with E-state index in [0.29, 0.717) is 0 Å². The molecule has 0 aliphatic heterocycles. The second-order valence-electron chi connectivity index (χ2n) is 0.572. The second kappa shape index (κ2) is 2.66. The number of rotatable bonds is 0. The first-order valence-electron chi connectivity index (χ1n) is 0.711. The summed E-state index contributed by atoms with van der Waals surface area (Å²) in [4.78, 5) is 0. The zero-order chi connectivity index (χ0) is 5.45. The Morgan fingerprint density at radius 3 is 1.29 bits per heavy atom. The Hall–Kier alpha value is 1.91. The fourth-order valence-electron chi connectivity index (χ4n) is 0. The van der Waals surface area contributed by atoms with Crippen molar-refractivity contribution < 1.29 is 78.9 Å². The van der Waals surface area contributed by atoms with Crippen LogP contribution in [0.4, 0.5) is 0 Å². The van der Waals surface area contributed by atoms with E-state index < -0.39 is 12.8 Å². The Morgan fingerprint density at radius 1 is 1.29 bits per heavy atom. The third-order valence-corrected chi connectivity index (χ3v) is 0. The molecule has 7 heteroatoms. The SMILES string of the molecule is [K+].[O]=[Ru](=[O])(=[O])([O-])[Cl]. The molecule has 0 atom stereocenters. The molecular formula is ClKO4Ru. The van der Waals surface area contributed by atoms with Crippen molar-refractivity contribution in [2.75, 3.05) is 0 Å². The summed E-state index contributed by atoms with van der Waals surface area (Å²) in [6, 6.07) is 0. The molecule has 0 heterocycles. The van der Waals surface area contributed by atoms with Crippen LogP contribution in [0.15, 0.2) is 0 Å². The summed E-state index contributed by atoms with van der Waals surface area (Å²) >= 11 is -7.00. The van der Waals surface area contributed by atoms with E-state index >= 15 is 0 Å². The molecule has 0 rings (SSSR count). The van der Waals surface area contributed by atoms with Gasteiger partial charge in [0, 0.05) is 0 Å². The first-order chi connectivity index (χ1) is 2.24. The normalized spacial score (nSPS) is 16.0. The van der Waals surface area contributed by atoms with Gasteiger partial charge in [0.25, 0.3) is 0 Å². The summed E-state index contributed by atoms with van der Waals surface area (Å²) in [6.07, 6.45) is 0. The molecule has 0 aromatic heterocycles. The first-order valence-corrected chi connectivity index (χ1v) is 5.79. The Balaban J connectivity index is 0. The van der Waals surface area contributed by atoms with Gasteiger partial charge in [-0.25, -0.2) is 0 Å². The Morgan fingerprint density at radius 2 is 1.29 bits per heavy atom. The van der Waals surface area contributed by atoms with E-state index in [1.54, 1.807) is 0 Å². The minimum atomic E-state index is -7.00. The van der Waals surface area contributed by atoms with Crippen molar-refractivity contribution >= 4 is 9.69 Å². The van der Waals surface area contributed by atoms with Gasteiger partial charge in [-0.2, -0.15) is 0 Å². The summed E-state index contributed by atoms with van der Waals surface area (Å²) in [5.41, 5.74) is 0. The molecule has 0 aliphatic carbocycles. The van der Waals surface area contributed by atoms with Gasteiger partial charge in [0.1, 0.15) is 0 Å². The van der Waals surface area contributed by atoms with Gasteiger partial charge in [-0.15, -0.1) is 0 Å². The molecule has 0 bridgehead atoms. The van der Waals surface area contributed by atoms with Crippen LogP contribution >= 0.6 is 9.69 Å². The number of hydrogen-bond acceptors (Lipinski definition) is 4. The Labute approximate surface area is 86.6 Å². The van der Waals surface area contributed by atoms with Gasteiger partial charge in [0.15, 0.2) is 0 Å². The van der Waals surface area contributed by atoms with Gasteiger partial charge in [0.2, 0.25) is 0 Å². The van der Waals surface area contributed by atoms with E-state index in [-0.39, 0.29) is 51.4 Å². The zero-order valence-electron chi connectivity index (χ0n) is 3.36. The zero-order valence-corrected chi connectivity index (χ0v) is 8.98. The van der Waals surface area contributed by atoms with E-state index in [1.807, 2.05) is 0 Å². The van der Waals surface area contributed by atoms with Crippen molar-refractivity contribution in [1.82, 2.24) is 0 Å². The molecule has 0 fully saturated rings. The van der Waals surface area contributed by atoms with Crippen LogP contribution in [0.2, 0.25) is 0 Å². The second-order valence-corrected chi connectivity index (χ2v) is 5.96. The molecule has 40 valence electrons. The van der Waals surface area contributed by atoms with Crippen LogP contribution in [0.1, 0.15) is 0 Å². The molecule has 0 amide bonds. The van der Waals surface area contributed by atoms with E-state index in [1.165, 1.54) is 0 Å². The van der Waals surface area contributed by atoms with Crippen molar-refractivity contribution in [1.29, 1.82) is 0 Å². The molecule has 0 aromatic carbocycles. The van der Waals surface area contributed by atoms with Gasteiger partial charge in [0.05, 0.1) is 0 Å². The molecule has 0 radical (unpaired) electrons. The Bertz CT molecular complexity index is 190. The fourth-order valence-corrected chi connectivity index (χ4v) is 0. The van der Waals surface area contributed by atoms with Crippen molar-refractivity contribution in [2.24, 2.45) is 0 Å². The van der Waals surface area contributed by atoms with Gasteiger partial charge in [-0.1, -0.05) is 0 Å². The third-order valence-electron chi connectivity index (χ3n) is 0. The van der Waals surface area contributed by atoms with Crippen molar-refractivity contribution in [2.45, 2.75) is 0 Å². The van der Waals surface area contributed by atoms with Crippen molar-refractivity contribution in [3.05, 3.63) is 0 Å². The molecule has 0 saturated heterocycles. The van der Waals surface area contributed by atoms with Crippen LogP contribution < -0.4 is 55.3 Å². The summed E-state index contributed by atoms with van der Waals surface area (Å²) in [6.45, 7) is 0. The molecular weight excluding hydrogens is 240 g/mol. The average molecular weight is 240 g/mol. The summed E-state index contributed by atoms with van der Waals surface area (Å²) < 4.78 is 35.8. The predicted octanol–water partition coefficient (Wildman–Crippen LogP) is -3.85. The standard InChI is InChI=1S/ClH.K.4O.Ru/h1H;;;;;;/q;+1;;;;-1;+1/p-1. The topological polar surface area (TPSA) is 74.3 Å². The maximum absolute atomic E-state index is 8.96. The third kappa shape index (κ3) is 75.7. The van der Waals surface area contributed by atoms with Gasteiger partial charge < -0.3 is 0 Å². The van der Waals surface area contributed by atoms with Crippen LogP contribution in [0.25, 0.3) is 0 Å². The molecule has 0 N–H and O–H groups in total. The molecule has 4 nitrogen and oxygen atoms in total. The van der Waals surface area contributed by atoms with Crippen LogP contribution in [-0.2, 0) is 23.5 Å². The van der Waals surface area contributed by atoms with Crippen molar-refractivity contribution in [3.8, 4) is 0 Å². The van der Waals surface area contributed by atoms with Gasteiger partial charge in [-0.3, -0.25) is 0 Å². The van der Waals surface area contributed by atoms with E-state index in [0.717, 1.165) is 0 Å². The molecule has 0 unspecified atom stereocenters. The average Bonchev–Trinajstić information content (AvgIpc) is 0.650.